The van der Waals surface area contributed by atoms with Gasteiger partial charge in [-0.15, -0.1) is 0 Å². The largest absolute Gasteiger partial charge is 0.390 e. The van der Waals surface area contributed by atoms with Crippen LogP contribution in [0.15, 0.2) is 22.8 Å². The number of rotatable bonds is 2. The van der Waals surface area contributed by atoms with E-state index < -0.39 is 12.2 Å². The molecule has 2 heterocycles. The molecule has 1 saturated heterocycles. The molecule has 1 aromatic heterocycles. The van der Waals surface area contributed by atoms with Gasteiger partial charge in [-0.3, -0.25) is 4.90 Å². The Morgan fingerprint density at radius 1 is 1.10 bits per heavy atom. The maximum absolute atomic E-state index is 9.82. The molecule has 1 aliphatic heterocycles. The highest BCUT2D eigenvalue weighted by Gasteiger charge is 2.41. The Morgan fingerprint density at radius 3 is 2.52 bits per heavy atom. The summed E-state index contributed by atoms with van der Waals surface area (Å²) in [6.45, 7) is 2.75. The Labute approximate surface area is 122 Å². The van der Waals surface area contributed by atoms with Gasteiger partial charge in [0.2, 0.25) is 0 Å². The van der Waals surface area contributed by atoms with Crippen LogP contribution in [0.4, 0.5) is 0 Å². The molecule has 1 aromatic carbocycles. The van der Waals surface area contributed by atoms with Crippen molar-refractivity contribution < 1.29 is 14.8 Å². The zero-order chi connectivity index (χ0) is 14.4. The third kappa shape index (κ3) is 2.33. The van der Waals surface area contributed by atoms with Crippen molar-refractivity contribution in [1.29, 1.82) is 0 Å². The van der Waals surface area contributed by atoms with E-state index >= 15 is 0 Å². The van der Waals surface area contributed by atoms with Crippen LogP contribution in [0, 0.1) is 11.8 Å². The van der Waals surface area contributed by atoms with Gasteiger partial charge in [0.1, 0.15) is 11.0 Å². The van der Waals surface area contributed by atoms with Crippen LogP contribution in [0.1, 0.15) is 18.4 Å². The monoisotopic (exact) mass is 289 g/mol. The molecule has 6 nitrogen and oxygen atoms in total. The molecule has 4 atom stereocenters. The summed E-state index contributed by atoms with van der Waals surface area (Å²) in [4.78, 5) is 2.38. The summed E-state index contributed by atoms with van der Waals surface area (Å²) in [6.07, 6.45) is 0.291. The topological polar surface area (TPSA) is 82.6 Å². The van der Waals surface area contributed by atoms with E-state index in [0.29, 0.717) is 24.7 Å². The van der Waals surface area contributed by atoms with Crippen LogP contribution in [0.25, 0.3) is 11.0 Å². The summed E-state index contributed by atoms with van der Waals surface area (Å²) in [7, 11) is 0. The van der Waals surface area contributed by atoms with E-state index in [1.165, 1.54) is 0 Å². The minimum absolute atomic E-state index is 0.484. The van der Waals surface area contributed by atoms with Gasteiger partial charge in [-0.1, -0.05) is 12.1 Å². The van der Waals surface area contributed by atoms with Crippen LogP contribution in [0.5, 0.6) is 0 Å². The molecule has 4 rings (SSSR count). The van der Waals surface area contributed by atoms with Crippen molar-refractivity contribution in [2.24, 2.45) is 11.8 Å². The van der Waals surface area contributed by atoms with Crippen molar-refractivity contribution >= 4 is 11.0 Å². The lowest BCUT2D eigenvalue weighted by Gasteiger charge is -2.32. The maximum atomic E-state index is 9.82. The number of benzene rings is 1. The molecular formula is C15H19N3O3. The first kappa shape index (κ1) is 13.2. The smallest absolute Gasteiger partial charge is 0.139 e. The van der Waals surface area contributed by atoms with Gasteiger partial charge < -0.3 is 10.2 Å². The van der Waals surface area contributed by atoms with Crippen LogP contribution in [-0.4, -0.2) is 50.7 Å². The van der Waals surface area contributed by atoms with E-state index in [9.17, 15) is 10.2 Å². The van der Waals surface area contributed by atoms with Gasteiger partial charge in [-0.25, -0.2) is 4.63 Å². The normalized spacial score (nSPS) is 33.4. The van der Waals surface area contributed by atoms with Crippen LogP contribution in [0.2, 0.25) is 0 Å². The number of nitrogens with zero attached hydrogens (tertiary/aromatic N) is 3. The van der Waals surface area contributed by atoms with E-state index in [2.05, 4.69) is 21.3 Å². The molecule has 0 radical (unpaired) electrons. The lowest BCUT2D eigenvalue weighted by molar-refractivity contribution is -0.0372. The Bertz CT molecular complexity index is 626. The minimum Gasteiger partial charge on any atom is -0.390 e. The standard InChI is InChI=1S/C15H19N3O3/c19-13-4-10-7-18(8-11(10)5-14(13)20)6-9-2-1-3-12-15(9)17-21-16-12/h1-3,10-11,13-14,19-20H,4-8H2/t10-,11+,13+,14-. The zero-order valence-electron chi connectivity index (χ0n) is 11.7. The van der Waals surface area contributed by atoms with Crippen molar-refractivity contribution in [3.63, 3.8) is 0 Å². The van der Waals surface area contributed by atoms with Crippen LogP contribution < -0.4 is 0 Å². The Kier molecular flexibility index (Phi) is 3.17. The molecular weight excluding hydrogens is 270 g/mol. The second kappa shape index (κ2) is 5.05. The molecule has 0 spiro atoms. The molecule has 1 aliphatic carbocycles. The number of likely N-dealkylation sites (tertiary alicyclic amines) is 1. The molecule has 0 amide bonds. The predicted molar refractivity (Wildman–Crippen MR) is 75.3 cm³/mol. The first-order valence-corrected chi connectivity index (χ1v) is 7.49. The van der Waals surface area contributed by atoms with Gasteiger partial charge in [-0.2, -0.15) is 0 Å². The molecule has 2 N–H and O–H groups in total. The lowest BCUT2D eigenvalue weighted by atomic mass is 9.79. The summed E-state index contributed by atoms with van der Waals surface area (Å²) >= 11 is 0. The number of hydrogen-bond donors (Lipinski definition) is 2. The molecule has 112 valence electrons. The molecule has 0 bridgehead atoms. The first-order valence-electron chi connectivity index (χ1n) is 7.49. The van der Waals surface area contributed by atoms with Crippen molar-refractivity contribution in [3.05, 3.63) is 23.8 Å². The summed E-state index contributed by atoms with van der Waals surface area (Å²) in [5.74, 6) is 0.969. The molecule has 0 unspecified atom stereocenters. The van der Waals surface area contributed by atoms with Crippen molar-refractivity contribution in [2.75, 3.05) is 13.1 Å². The number of aliphatic hydroxyl groups excluding tert-OH is 2. The van der Waals surface area contributed by atoms with E-state index in [4.69, 9.17) is 4.63 Å². The third-order valence-electron chi connectivity index (χ3n) is 4.95. The fourth-order valence-corrected chi connectivity index (χ4v) is 3.86. The SMILES string of the molecule is O[C@@H]1C[C@H]2CN(Cc3cccc4nonc34)C[C@H]2C[C@@H]1O. The maximum Gasteiger partial charge on any atom is 0.139 e. The minimum atomic E-state index is -0.561. The van der Waals surface area contributed by atoms with Gasteiger partial charge >= 0.3 is 0 Å². The van der Waals surface area contributed by atoms with Gasteiger partial charge in [-0.05, 0) is 46.6 Å². The van der Waals surface area contributed by atoms with Crippen molar-refractivity contribution in [3.8, 4) is 0 Å². The number of aliphatic hydroxyl groups is 2. The highest BCUT2D eigenvalue weighted by Crippen LogP contribution is 2.37. The average molecular weight is 289 g/mol. The first-order chi connectivity index (χ1) is 10.2. The van der Waals surface area contributed by atoms with Gasteiger partial charge in [0.05, 0.1) is 12.2 Å². The quantitative estimate of drug-likeness (QED) is 0.850. The van der Waals surface area contributed by atoms with Gasteiger partial charge in [0, 0.05) is 19.6 Å². The van der Waals surface area contributed by atoms with Gasteiger partial charge in [0.15, 0.2) is 0 Å². The summed E-state index contributed by atoms with van der Waals surface area (Å²) in [6, 6.07) is 5.92. The second-order valence-corrected chi connectivity index (χ2v) is 6.37. The van der Waals surface area contributed by atoms with E-state index in [0.717, 1.165) is 36.2 Å². The second-order valence-electron chi connectivity index (χ2n) is 6.37. The lowest BCUT2D eigenvalue weighted by Crippen LogP contribution is -2.38. The van der Waals surface area contributed by atoms with Gasteiger partial charge in [0.25, 0.3) is 0 Å². The molecule has 2 aliphatic rings. The molecule has 1 saturated carbocycles. The zero-order valence-corrected chi connectivity index (χ0v) is 11.7. The highest BCUT2D eigenvalue weighted by molar-refractivity contribution is 5.76. The van der Waals surface area contributed by atoms with Crippen LogP contribution >= 0.6 is 0 Å². The molecule has 2 fully saturated rings. The molecule has 6 heteroatoms. The fourth-order valence-electron chi connectivity index (χ4n) is 3.86. The number of hydrogen-bond acceptors (Lipinski definition) is 6. The highest BCUT2D eigenvalue weighted by atomic mass is 16.6. The Hall–Kier alpha value is -1.50. The van der Waals surface area contributed by atoms with E-state index in [1.54, 1.807) is 0 Å². The Morgan fingerprint density at radius 2 is 1.81 bits per heavy atom. The van der Waals surface area contributed by atoms with Crippen molar-refractivity contribution in [2.45, 2.75) is 31.6 Å². The fraction of sp³-hybridized carbons (Fsp3) is 0.600. The number of fused-ring (bicyclic) bond motifs is 2. The van der Waals surface area contributed by atoms with E-state index in [1.807, 2.05) is 12.1 Å². The Balaban J connectivity index is 1.50. The summed E-state index contributed by atoms with van der Waals surface area (Å²) in [5.41, 5.74) is 2.73. The third-order valence-corrected chi connectivity index (χ3v) is 4.95. The average Bonchev–Trinajstić information content (AvgIpc) is 3.06. The summed E-state index contributed by atoms with van der Waals surface area (Å²) in [5, 5.41) is 27.5. The van der Waals surface area contributed by atoms with Crippen LogP contribution in [-0.2, 0) is 6.54 Å². The summed E-state index contributed by atoms with van der Waals surface area (Å²) < 4.78 is 4.81. The van der Waals surface area contributed by atoms with E-state index in [-0.39, 0.29) is 0 Å². The van der Waals surface area contributed by atoms with Crippen molar-refractivity contribution in [1.82, 2.24) is 15.2 Å². The molecule has 21 heavy (non-hydrogen) atoms. The number of aromatic nitrogens is 2. The predicted octanol–water partition coefficient (Wildman–Crippen LogP) is 0.786. The van der Waals surface area contributed by atoms with Crippen LogP contribution in [0.3, 0.4) is 0 Å². The molecule has 2 aromatic rings.